The number of hydrogen-bond donors (Lipinski definition) is 2. The van der Waals surface area contributed by atoms with Crippen LogP contribution in [0.4, 0.5) is 0 Å². The van der Waals surface area contributed by atoms with Gasteiger partial charge in [-0.2, -0.15) is 0 Å². The average molecular weight is 233 g/mol. The summed E-state index contributed by atoms with van der Waals surface area (Å²) in [5.41, 5.74) is 5.20. The summed E-state index contributed by atoms with van der Waals surface area (Å²) in [7, 11) is -2.95. The molecule has 0 radical (unpaired) electrons. The molecule has 3 N–H and O–H groups in total. The molecular weight excluding hydrogens is 218 g/mol. The van der Waals surface area contributed by atoms with Crippen molar-refractivity contribution in [3.8, 4) is 0 Å². The minimum atomic E-state index is -2.95. The number of aliphatic carboxylic acids is 1. The molecule has 2 aliphatic rings. The number of carbonyl (C=O) groups is 1. The van der Waals surface area contributed by atoms with Crippen LogP contribution in [0.3, 0.4) is 0 Å². The Balaban J connectivity index is 2.15. The van der Waals surface area contributed by atoms with Crippen molar-refractivity contribution < 1.29 is 18.3 Å². The highest BCUT2D eigenvalue weighted by atomic mass is 32.2. The van der Waals surface area contributed by atoms with Gasteiger partial charge in [0.15, 0.2) is 9.84 Å². The molecule has 1 aliphatic heterocycles. The fourth-order valence-electron chi connectivity index (χ4n) is 2.61. The van der Waals surface area contributed by atoms with Crippen molar-refractivity contribution in [1.82, 2.24) is 0 Å². The van der Waals surface area contributed by atoms with Crippen molar-refractivity contribution in [1.29, 1.82) is 0 Å². The van der Waals surface area contributed by atoms with Gasteiger partial charge in [-0.3, -0.25) is 4.79 Å². The van der Waals surface area contributed by atoms with Gasteiger partial charge in [0.25, 0.3) is 0 Å². The topological polar surface area (TPSA) is 97.5 Å². The molecule has 15 heavy (non-hydrogen) atoms. The summed E-state index contributed by atoms with van der Waals surface area (Å²) in [6.07, 6.45) is 2.07. The second-order valence-corrected chi connectivity index (χ2v) is 6.88. The first-order valence-electron chi connectivity index (χ1n) is 5.06. The maximum atomic E-state index is 11.3. The van der Waals surface area contributed by atoms with E-state index in [0.29, 0.717) is 6.42 Å². The van der Waals surface area contributed by atoms with Crippen molar-refractivity contribution in [3.05, 3.63) is 0 Å². The zero-order chi connectivity index (χ0) is 11.3. The molecule has 0 amide bonds. The van der Waals surface area contributed by atoms with Crippen LogP contribution in [0.1, 0.15) is 19.3 Å². The lowest BCUT2D eigenvalue weighted by Gasteiger charge is -2.25. The van der Waals surface area contributed by atoms with Crippen LogP contribution in [0.5, 0.6) is 0 Å². The van der Waals surface area contributed by atoms with Crippen LogP contribution < -0.4 is 5.73 Å². The molecule has 1 saturated carbocycles. The van der Waals surface area contributed by atoms with Gasteiger partial charge in [0.05, 0.1) is 11.5 Å². The van der Waals surface area contributed by atoms with Gasteiger partial charge in [0.1, 0.15) is 6.04 Å². The van der Waals surface area contributed by atoms with Crippen molar-refractivity contribution in [2.45, 2.75) is 25.3 Å². The minimum Gasteiger partial charge on any atom is -0.480 e. The molecule has 5 nitrogen and oxygen atoms in total. The molecule has 0 bridgehead atoms. The molecule has 2 atom stereocenters. The van der Waals surface area contributed by atoms with Gasteiger partial charge in [-0.1, -0.05) is 0 Å². The predicted molar refractivity (Wildman–Crippen MR) is 54.0 cm³/mol. The molecule has 2 rings (SSSR count). The van der Waals surface area contributed by atoms with E-state index >= 15 is 0 Å². The smallest absolute Gasteiger partial charge is 0.321 e. The number of nitrogens with two attached hydrogens (primary N) is 1. The third-order valence-electron chi connectivity index (χ3n) is 3.76. The predicted octanol–water partition coefficient (Wildman–Crippen LogP) is -0.387. The maximum absolute atomic E-state index is 11.3. The molecule has 0 spiro atoms. The molecule has 0 aromatic carbocycles. The van der Waals surface area contributed by atoms with Crippen LogP contribution in [0.15, 0.2) is 0 Å². The first-order chi connectivity index (χ1) is 6.87. The number of rotatable bonds is 3. The molecule has 1 saturated heterocycles. The third kappa shape index (κ3) is 1.76. The molecule has 6 heteroatoms. The monoisotopic (exact) mass is 233 g/mol. The van der Waals surface area contributed by atoms with Crippen molar-refractivity contribution in [2.75, 3.05) is 11.5 Å². The Morgan fingerprint density at radius 3 is 2.40 bits per heavy atom. The van der Waals surface area contributed by atoms with E-state index in [-0.39, 0.29) is 17.4 Å². The summed E-state index contributed by atoms with van der Waals surface area (Å²) in [4.78, 5) is 10.8. The van der Waals surface area contributed by atoms with E-state index in [1.54, 1.807) is 0 Å². The Morgan fingerprint density at radius 2 is 2.07 bits per heavy atom. The van der Waals surface area contributed by atoms with Crippen molar-refractivity contribution in [2.24, 2.45) is 17.1 Å². The van der Waals surface area contributed by atoms with Gasteiger partial charge < -0.3 is 10.8 Å². The number of sulfone groups is 1. The zero-order valence-corrected chi connectivity index (χ0v) is 9.16. The van der Waals surface area contributed by atoms with Gasteiger partial charge >= 0.3 is 5.97 Å². The number of hydrogen-bond acceptors (Lipinski definition) is 4. The van der Waals surface area contributed by atoms with Gasteiger partial charge in [-0.05, 0) is 25.2 Å². The Labute approximate surface area is 88.6 Å². The summed E-state index contributed by atoms with van der Waals surface area (Å²) in [6.45, 7) is 0. The largest absolute Gasteiger partial charge is 0.480 e. The summed E-state index contributed by atoms with van der Waals surface area (Å²) in [6, 6.07) is -0.907. The van der Waals surface area contributed by atoms with E-state index in [9.17, 15) is 13.2 Å². The fraction of sp³-hybridized carbons (Fsp3) is 0.889. The SMILES string of the molecule is NC(C(=O)O)C1(C2CCS(=O)(=O)C2)CC1. The van der Waals surface area contributed by atoms with Crippen LogP contribution >= 0.6 is 0 Å². The lowest BCUT2D eigenvalue weighted by molar-refractivity contribution is -0.140. The Morgan fingerprint density at radius 1 is 1.47 bits per heavy atom. The van der Waals surface area contributed by atoms with Gasteiger partial charge in [0, 0.05) is 5.41 Å². The van der Waals surface area contributed by atoms with E-state index in [4.69, 9.17) is 10.8 Å². The van der Waals surface area contributed by atoms with Crippen molar-refractivity contribution >= 4 is 15.8 Å². The zero-order valence-electron chi connectivity index (χ0n) is 8.35. The molecule has 2 unspecified atom stereocenters. The summed E-state index contributed by atoms with van der Waals surface area (Å²) in [5.74, 6) is -0.759. The van der Waals surface area contributed by atoms with Crippen LogP contribution in [-0.2, 0) is 14.6 Å². The summed E-state index contributed by atoms with van der Waals surface area (Å²) < 4.78 is 22.6. The summed E-state index contributed by atoms with van der Waals surface area (Å²) >= 11 is 0. The lowest BCUT2D eigenvalue weighted by Crippen LogP contribution is -2.43. The Kier molecular flexibility index (Phi) is 2.31. The van der Waals surface area contributed by atoms with Gasteiger partial charge in [0.2, 0.25) is 0 Å². The van der Waals surface area contributed by atoms with E-state index < -0.39 is 27.3 Å². The van der Waals surface area contributed by atoms with Crippen LogP contribution in [-0.4, -0.2) is 37.0 Å². The molecule has 1 aliphatic carbocycles. The van der Waals surface area contributed by atoms with E-state index in [1.807, 2.05) is 0 Å². The molecular formula is C9H15NO4S. The Hall–Kier alpha value is -0.620. The van der Waals surface area contributed by atoms with E-state index in [2.05, 4.69) is 0 Å². The molecule has 86 valence electrons. The second-order valence-electron chi connectivity index (χ2n) is 4.65. The third-order valence-corrected chi connectivity index (χ3v) is 5.53. The standard InChI is InChI=1S/C9H15NO4S/c10-7(8(11)12)9(2-3-9)6-1-4-15(13,14)5-6/h6-7H,1-5,10H2,(H,11,12). The fourth-order valence-corrected chi connectivity index (χ4v) is 4.53. The minimum absolute atomic E-state index is 0.0476. The number of carboxylic acids is 1. The summed E-state index contributed by atoms with van der Waals surface area (Å²) in [5, 5.41) is 8.87. The molecule has 0 aromatic rings. The van der Waals surface area contributed by atoms with Crippen LogP contribution in [0, 0.1) is 11.3 Å². The average Bonchev–Trinajstić information content (AvgIpc) is 2.85. The number of carboxylic acid groups (broad SMARTS) is 1. The van der Waals surface area contributed by atoms with E-state index in [1.165, 1.54) is 0 Å². The van der Waals surface area contributed by atoms with Crippen LogP contribution in [0.25, 0.3) is 0 Å². The Bertz CT molecular complexity index is 385. The normalized spacial score (nSPS) is 33.5. The maximum Gasteiger partial charge on any atom is 0.321 e. The molecule has 1 heterocycles. The lowest BCUT2D eigenvalue weighted by atomic mass is 9.82. The highest BCUT2D eigenvalue weighted by molar-refractivity contribution is 7.91. The first-order valence-corrected chi connectivity index (χ1v) is 6.88. The molecule has 2 fully saturated rings. The first kappa shape index (κ1) is 10.9. The van der Waals surface area contributed by atoms with Gasteiger partial charge in [-0.15, -0.1) is 0 Å². The van der Waals surface area contributed by atoms with Crippen molar-refractivity contribution in [3.63, 3.8) is 0 Å². The quantitative estimate of drug-likeness (QED) is 0.692. The molecule has 0 aromatic heterocycles. The second kappa shape index (κ2) is 3.18. The highest BCUT2D eigenvalue weighted by Gasteiger charge is 2.58. The highest BCUT2D eigenvalue weighted by Crippen LogP contribution is 2.57. The van der Waals surface area contributed by atoms with Crippen LogP contribution in [0.2, 0.25) is 0 Å². The van der Waals surface area contributed by atoms with E-state index in [0.717, 1.165) is 12.8 Å². The van der Waals surface area contributed by atoms with Gasteiger partial charge in [-0.25, -0.2) is 8.42 Å².